The van der Waals surface area contributed by atoms with Crippen molar-refractivity contribution in [2.24, 2.45) is 0 Å². The number of hydrogen-bond donors (Lipinski definition) is 1. The minimum absolute atomic E-state index is 0.0413. The monoisotopic (exact) mass is 370 g/mol. The van der Waals surface area contributed by atoms with Crippen molar-refractivity contribution in [1.82, 2.24) is 19.7 Å². The number of ketones is 1. The molecule has 0 amide bonds. The van der Waals surface area contributed by atoms with Crippen molar-refractivity contribution < 1.29 is 13.2 Å². The summed E-state index contributed by atoms with van der Waals surface area (Å²) in [5, 5.41) is 8.10. The van der Waals surface area contributed by atoms with E-state index in [4.69, 9.17) is 0 Å². The molecule has 1 N–H and O–H groups in total. The van der Waals surface area contributed by atoms with Crippen molar-refractivity contribution in [2.75, 3.05) is 0 Å². The van der Waals surface area contributed by atoms with Crippen LogP contribution in [0.15, 0.2) is 71.9 Å². The first kappa shape index (κ1) is 18.0. The lowest BCUT2D eigenvalue weighted by Crippen LogP contribution is -2.32. The molecular formula is C18H18N4O3S. The topological polar surface area (TPSA) is 94.0 Å². The fraction of sp³-hybridized carbons (Fsp3) is 0.167. The summed E-state index contributed by atoms with van der Waals surface area (Å²) in [7, 11) is -3.84. The van der Waals surface area contributed by atoms with Gasteiger partial charge >= 0.3 is 0 Å². The van der Waals surface area contributed by atoms with Crippen molar-refractivity contribution in [3.8, 4) is 0 Å². The van der Waals surface area contributed by atoms with Crippen LogP contribution in [0.3, 0.4) is 0 Å². The number of sulfonamides is 1. The Hall–Kier alpha value is -2.84. The molecule has 0 saturated heterocycles. The lowest BCUT2D eigenvalue weighted by molar-refractivity contribution is 0.101. The SMILES string of the molecule is CC(=O)c1cccc(S(=O)(=O)NC(Cn2nccn2)c2ccccc2)c1. The molecule has 1 unspecified atom stereocenters. The molecule has 3 aromatic rings. The van der Waals surface area contributed by atoms with Gasteiger partial charge < -0.3 is 0 Å². The van der Waals surface area contributed by atoms with Crippen LogP contribution in [-0.2, 0) is 16.6 Å². The zero-order valence-electron chi connectivity index (χ0n) is 14.1. The molecule has 0 saturated carbocycles. The number of rotatable bonds is 7. The molecule has 26 heavy (non-hydrogen) atoms. The number of hydrogen-bond acceptors (Lipinski definition) is 5. The first-order chi connectivity index (χ1) is 12.5. The maximum Gasteiger partial charge on any atom is 0.241 e. The number of nitrogens with zero attached hydrogens (tertiary/aromatic N) is 3. The molecule has 0 aliphatic carbocycles. The molecule has 0 aliphatic rings. The summed E-state index contributed by atoms with van der Waals surface area (Å²) in [5.41, 5.74) is 1.13. The highest BCUT2D eigenvalue weighted by atomic mass is 32.2. The third-order valence-electron chi connectivity index (χ3n) is 3.86. The maximum atomic E-state index is 12.8. The van der Waals surface area contributed by atoms with E-state index in [9.17, 15) is 13.2 Å². The molecule has 1 aromatic heterocycles. The Balaban J connectivity index is 1.92. The van der Waals surface area contributed by atoms with Crippen molar-refractivity contribution in [3.05, 3.63) is 78.1 Å². The van der Waals surface area contributed by atoms with Crippen LogP contribution in [-0.4, -0.2) is 29.2 Å². The second-order valence-corrected chi connectivity index (χ2v) is 7.47. The molecule has 1 heterocycles. The van der Waals surface area contributed by atoms with Crippen LogP contribution in [0.2, 0.25) is 0 Å². The lowest BCUT2D eigenvalue weighted by atomic mass is 10.1. The van der Waals surface area contributed by atoms with E-state index >= 15 is 0 Å². The largest absolute Gasteiger partial charge is 0.295 e. The van der Waals surface area contributed by atoms with Gasteiger partial charge in [-0.1, -0.05) is 42.5 Å². The average molecular weight is 370 g/mol. The smallest absolute Gasteiger partial charge is 0.241 e. The summed E-state index contributed by atoms with van der Waals surface area (Å²) in [6, 6.07) is 14.6. The number of benzene rings is 2. The van der Waals surface area contributed by atoms with Crippen molar-refractivity contribution in [2.45, 2.75) is 24.4 Å². The van der Waals surface area contributed by atoms with E-state index in [1.165, 1.54) is 36.2 Å². The van der Waals surface area contributed by atoms with Gasteiger partial charge in [0.2, 0.25) is 10.0 Å². The molecular weight excluding hydrogens is 352 g/mol. The van der Waals surface area contributed by atoms with E-state index in [-0.39, 0.29) is 17.2 Å². The quantitative estimate of drug-likeness (QED) is 0.644. The number of aromatic nitrogens is 3. The first-order valence-electron chi connectivity index (χ1n) is 7.98. The molecule has 0 radical (unpaired) electrons. The van der Waals surface area contributed by atoms with Crippen molar-refractivity contribution in [3.63, 3.8) is 0 Å². The fourth-order valence-electron chi connectivity index (χ4n) is 2.53. The molecule has 0 spiro atoms. The van der Waals surface area contributed by atoms with Gasteiger partial charge in [-0.05, 0) is 24.6 Å². The van der Waals surface area contributed by atoms with Gasteiger partial charge in [0.25, 0.3) is 0 Å². The van der Waals surface area contributed by atoms with E-state index in [0.29, 0.717) is 5.56 Å². The van der Waals surface area contributed by atoms with Gasteiger partial charge in [-0.2, -0.15) is 15.0 Å². The van der Waals surface area contributed by atoms with Gasteiger partial charge in [0.05, 0.1) is 29.9 Å². The Morgan fingerprint density at radius 1 is 1.08 bits per heavy atom. The van der Waals surface area contributed by atoms with E-state index in [2.05, 4.69) is 14.9 Å². The van der Waals surface area contributed by atoms with Gasteiger partial charge in [0.15, 0.2) is 5.78 Å². The van der Waals surface area contributed by atoms with E-state index < -0.39 is 16.1 Å². The summed E-state index contributed by atoms with van der Waals surface area (Å²) < 4.78 is 28.4. The zero-order valence-corrected chi connectivity index (χ0v) is 14.9. The van der Waals surface area contributed by atoms with E-state index in [1.807, 2.05) is 30.3 Å². The van der Waals surface area contributed by atoms with Crippen LogP contribution in [0, 0.1) is 0 Å². The number of Topliss-reactive ketones (excluding diaryl/α,β-unsaturated/α-hetero) is 1. The molecule has 1 atom stereocenters. The predicted molar refractivity (Wildman–Crippen MR) is 96.0 cm³/mol. The van der Waals surface area contributed by atoms with Crippen molar-refractivity contribution in [1.29, 1.82) is 0 Å². The number of nitrogens with one attached hydrogen (secondary N) is 1. The zero-order chi connectivity index (χ0) is 18.6. The molecule has 2 aromatic carbocycles. The summed E-state index contributed by atoms with van der Waals surface area (Å²) in [4.78, 5) is 13.0. The summed E-state index contributed by atoms with van der Waals surface area (Å²) >= 11 is 0. The van der Waals surface area contributed by atoms with Gasteiger partial charge in [0.1, 0.15) is 0 Å². The van der Waals surface area contributed by atoms with Gasteiger partial charge in [-0.25, -0.2) is 13.1 Å². The highest BCUT2D eigenvalue weighted by Gasteiger charge is 2.23. The van der Waals surface area contributed by atoms with Gasteiger partial charge in [0, 0.05) is 5.56 Å². The predicted octanol–water partition coefficient (Wildman–Crippen LogP) is 2.20. The van der Waals surface area contributed by atoms with Crippen LogP contribution in [0.5, 0.6) is 0 Å². The summed E-state index contributed by atoms with van der Waals surface area (Å²) in [6.07, 6.45) is 3.07. The standard InChI is InChI=1S/C18H18N4O3S/c1-14(23)16-8-5-9-17(12-16)26(24,25)21-18(13-22-19-10-11-20-22)15-6-3-2-4-7-15/h2-12,18,21H,13H2,1H3. The molecule has 134 valence electrons. The minimum atomic E-state index is -3.84. The lowest BCUT2D eigenvalue weighted by Gasteiger charge is -2.19. The molecule has 8 heteroatoms. The third kappa shape index (κ3) is 4.22. The first-order valence-corrected chi connectivity index (χ1v) is 9.46. The molecule has 7 nitrogen and oxygen atoms in total. The van der Waals surface area contributed by atoms with Crippen LogP contribution in [0.4, 0.5) is 0 Å². The fourth-order valence-corrected chi connectivity index (χ4v) is 3.80. The normalized spacial score (nSPS) is 12.7. The summed E-state index contributed by atoms with van der Waals surface area (Å²) in [5.74, 6) is -0.192. The second-order valence-electron chi connectivity index (χ2n) is 5.75. The summed E-state index contributed by atoms with van der Waals surface area (Å²) in [6.45, 7) is 1.64. The Morgan fingerprint density at radius 2 is 1.77 bits per heavy atom. The minimum Gasteiger partial charge on any atom is -0.295 e. The van der Waals surface area contributed by atoms with Crippen LogP contribution >= 0.6 is 0 Å². The van der Waals surface area contributed by atoms with Gasteiger partial charge in [-0.15, -0.1) is 0 Å². The van der Waals surface area contributed by atoms with Gasteiger partial charge in [-0.3, -0.25) is 4.79 Å². The Kier molecular flexibility index (Phi) is 5.24. The third-order valence-corrected chi connectivity index (χ3v) is 5.33. The Labute approximate surface area is 151 Å². The molecule has 0 fully saturated rings. The van der Waals surface area contributed by atoms with E-state index in [0.717, 1.165) is 5.56 Å². The van der Waals surface area contributed by atoms with Crippen LogP contribution < -0.4 is 4.72 Å². The second kappa shape index (κ2) is 7.59. The number of carbonyl (C=O) groups is 1. The highest BCUT2D eigenvalue weighted by molar-refractivity contribution is 7.89. The Morgan fingerprint density at radius 3 is 2.42 bits per heavy atom. The van der Waals surface area contributed by atoms with Crippen LogP contribution in [0.1, 0.15) is 28.9 Å². The molecule has 0 aliphatic heterocycles. The molecule has 0 bridgehead atoms. The average Bonchev–Trinajstić information content (AvgIpc) is 3.15. The van der Waals surface area contributed by atoms with Crippen LogP contribution in [0.25, 0.3) is 0 Å². The maximum absolute atomic E-state index is 12.8. The van der Waals surface area contributed by atoms with Crippen molar-refractivity contribution >= 4 is 15.8 Å². The highest BCUT2D eigenvalue weighted by Crippen LogP contribution is 2.19. The van der Waals surface area contributed by atoms with E-state index in [1.54, 1.807) is 12.1 Å². The molecule has 3 rings (SSSR count). The number of carbonyl (C=O) groups excluding carboxylic acids is 1. The Bertz CT molecular complexity index is 986.